The highest BCUT2D eigenvalue weighted by Crippen LogP contribution is 2.21. The largest absolute Gasteiger partial charge is 0.480 e. The molecule has 1 amide bonds. The van der Waals surface area contributed by atoms with Crippen molar-refractivity contribution < 1.29 is 14.7 Å². The Balaban J connectivity index is 2.54. The molecule has 4 nitrogen and oxygen atoms in total. The van der Waals surface area contributed by atoms with Gasteiger partial charge in [0, 0.05) is 18.6 Å². The Bertz CT molecular complexity index is 284. The fourth-order valence-electron chi connectivity index (χ4n) is 1.22. The third kappa shape index (κ3) is 2.42. The topological polar surface area (TPSA) is 57.6 Å². The van der Waals surface area contributed by atoms with E-state index in [1.807, 2.05) is 0 Å². The highest BCUT2D eigenvalue weighted by Gasteiger charge is 2.33. The maximum atomic E-state index is 11.5. The van der Waals surface area contributed by atoms with Gasteiger partial charge in [-0.1, -0.05) is 0 Å². The molecular weight excluding hydrogens is 202 g/mol. The number of hydrogen-bond donors (Lipinski definition) is 1. The lowest BCUT2D eigenvalue weighted by molar-refractivity contribution is -0.147. The van der Waals surface area contributed by atoms with Crippen molar-refractivity contribution in [3.8, 4) is 12.3 Å². The smallest absolute Gasteiger partial charge is 0.327 e. The molecule has 0 aromatic heterocycles. The van der Waals surface area contributed by atoms with Gasteiger partial charge in [-0.05, 0) is 0 Å². The lowest BCUT2D eigenvalue weighted by atomic mass is 10.2. The van der Waals surface area contributed by atoms with Crippen molar-refractivity contribution in [2.24, 2.45) is 0 Å². The molecule has 0 spiro atoms. The molecule has 0 saturated carbocycles. The lowest BCUT2D eigenvalue weighted by Crippen LogP contribution is -2.41. The first kappa shape index (κ1) is 10.9. The number of rotatable bonds is 3. The second-order valence-corrected chi connectivity index (χ2v) is 3.92. The molecule has 0 unspecified atom stereocenters. The molecule has 1 aliphatic heterocycles. The van der Waals surface area contributed by atoms with Gasteiger partial charge in [0.1, 0.15) is 6.04 Å². The highest BCUT2D eigenvalue weighted by molar-refractivity contribution is 7.99. The first-order chi connectivity index (χ1) is 6.66. The summed E-state index contributed by atoms with van der Waals surface area (Å²) in [6.45, 7) is 0. The lowest BCUT2D eigenvalue weighted by Gasteiger charge is -2.19. The molecule has 1 heterocycles. The van der Waals surface area contributed by atoms with Gasteiger partial charge >= 0.3 is 5.97 Å². The van der Waals surface area contributed by atoms with Crippen molar-refractivity contribution in [3.05, 3.63) is 0 Å². The summed E-state index contributed by atoms with van der Waals surface area (Å²) in [4.78, 5) is 23.6. The number of carbonyl (C=O) groups excluding carboxylic acids is 1. The average Bonchev–Trinajstić information content (AvgIpc) is 2.62. The fourth-order valence-corrected chi connectivity index (χ4v) is 2.39. The predicted octanol–water partition coefficient (Wildman–Crippen LogP) is 0.386. The number of amides is 1. The van der Waals surface area contributed by atoms with E-state index >= 15 is 0 Å². The monoisotopic (exact) mass is 213 g/mol. The molecule has 0 aromatic carbocycles. The molecule has 1 aliphatic rings. The summed E-state index contributed by atoms with van der Waals surface area (Å²) in [5, 5.41) is 8.81. The number of hydrogen-bond acceptors (Lipinski definition) is 3. The maximum Gasteiger partial charge on any atom is 0.327 e. The van der Waals surface area contributed by atoms with E-state index in [0.717, 1.165) is 0 Å². The van der Waals surface area contributed by atoms with E-state index in [0.29, 0.717) is 18.1 Å². The van der Waals surface area contributed by atoms with Gasteiger partial charge in [-0.2, -0.15) is 0 Å². The molecule has 0 radical (unpaired) electrons. The van der Waals surface area contributed by atoms with Crippen LogP contribution in [0, 0.1) is 12.3 Å². The van der Waals surface area contributed by atoms with Crippen molar-refractivity contribution >= 4 is 23.6 Å². The van der Waals surface area contributed by atoms with Gasteiger partial charge in [-0.25, -0.2) is 4.79 Å². The van der Waals surface area contributed by atoms with E-state index in [2.05, 4.69) is 5.92 Å². The van der Waals surface area contributed by atoms with Gasteiger partial charge in [0.2, 0.25) is 5.91 Å². The number of nitrogens with zero attached hydrogens (tertiary/aromatic N) is 1. The zero-order chi connectivity index (χ0) is 10.6. The van der Waals surface area contributed by atoms with Crippen LogP contribution in [-0.4, -0.2) is 39.6 Å². The first-order valence-electron chi connectivity index (χ1n) is 4.20. The van der Waals surface area contributed by atoms with Gasteiger partial charge in [0.15, 0.2) is 0 Å². The highest BCUT2D eigenvalue weighted by atomic mass is 32.2. The zero-order valence-corrected chi connectivity index (χ0v) is 8.42. The van der Waals surface area contributed by atoms with Crippen LogP contribution in [-0.2, 0) is 9.59 Å². The van der Waals surface area contributed by atoms with Crippen LogP contribution in [0.25, 0.3) is 0 Å². The molecule has 1 saturated heterocycles. The molecule has 1 N–H and O–H groups in total. The molecule has 0 aliphatic carbocycles. The standard InChI is InChI=1S/C9H11NO3S/c1-2-3-4-8(11)10-6-14-5-7(10)9(12)13/h1,7H,3-6H2,(H,12,13)/t7-/m0/s1. The Hall–Kier alpha value is -1.15. The number of aliphatic carboxylic acids is 1. The number of carboxylic acid groups (broad SMARTS) is 1. The van der Waals surface area contributed by atoms with Gasteiger partial charge in [0.25, 0.3) is 0 Å². The van der Waals surface area contributed by atoms with Crippen LogP contribution in [0.2, 0.25) is 0 Å². The second kappa shape index (κ2) is 4.91. The zero-order valence-electron chi connectivity index (χ0n) is 7.60. The first-order valence-corrected chi connectivity index (χ1v) is 5.35. The van der Waals surface area contributed by atoms with Gasteiger partial charge < -0.3 is 10.0 Å². The summed E-state index contributed by atoms with van der Waals surface area (Å²) in [7, 11) is 0. The van der Waals surface area contributed by atoms with E-state index in [1.165, 1.54) is 16.7 Å². The summed E-state index contributed by atoms with van der Waals surface area (Å²) < 4.78 is 0. The van der Waals surface area contributed by atoms with Gasteiger partial charge in [-0.3, -0.25) is 4.79 Å². The van der Waals surface area contributed by atoms with Crippen molar-refractivity contribution in [2.45, 2.75) is 18.9 Å². The second-order valence-electron chi connectivity index (χ2n) is 2.92. The third-order valence-corrected chi connectivity index (χ3v) is 2.98. The summed E-state index contributed by atoms with van der Waals surface area (Å²) in [6.07, 6.45) is 5.63. The average molecular weight is 213 g/mol. The molecule has 1 atom stereocenters. The number of thioether (sulfide) groups is 1. The van der Waals surface area contributed by atoms with Gasteiger partial charge in [0.05, 0.1) is 5.88 Å². The van der Waals surface area contributed by atoms with Crippen molar-refractivity contribution in [1.82, 2.24) is 4.90 Å². The Morgan fingerprint density at radius 1 is 1.64 bits per heavy atom. The van der Waals surface area contributed by atoms with Crippen LogP contribution < -0.4 is 0 Å². The maximum absolute atomic E-state index is 11.5. The minimum absolute atomic E-state index is 0.166. The number of carboxylic acids is 1. The Morgan fingerprint density at radius 2 is 2.36 bits per heavy atom. The minimum atomic E-state index is -0.941. The molecule has 0 bridgehead atoms. The van der Waals surface area contributed by atoms with Crippen LogP contribution in [0.4, 0.5) is 0 Å². The molecule has 14 heavy (non-hydrogen) atoms. The normalized spacial score (nSPS) is 20.5. The van der Waals surface area contributed by atoms with Crippen molar-refractivity contribution in [2.75, 3.05) is 11.6 Å². The van der Waals surface area contributed by atoms with Crippen LogP contribution >= 0.6 is 11.8 Å². The van der Waals surface area contributed by atoms with E-state index < -0.39 is 12.0 Å². The SMILES string of the molecule is C#CCCC(=O)N1CSC[C@H]1C(=O)O. The summed E-state index contributed by atoms with van der Waals surface area (Å²) in [6, 6.07) is -0.676. The summed E-state index contributed by atoms with van der Waals surface area (Å²) >= 11 is 1.45. The van der Waals surface area contributed by atoms with Crippen molar-refractivity contribution in [1.29, 1.82) is 0 Å². The van der Waals surface area contributed by atoms with E-state index in [4.69, 9.17) is 11.5 Å². The van der Waals surface area contributed by atoms with Crippen LogP contribution in [0.15, 0.2) is 0 Å². The van der Waals surface area contributed by atoms with E-state index in [1.54, 1.807) is 0 Å². The van der Waals surface area contributed by atoms with E-state index in [-0.39, 0.29) is 12.3 Å². The van der Waals surface area contributed by atoms with Crippen LogP contribution in [0.5, 0.6) is 0 Å². The Kier molecular flexibility index (Phi) is 3.84. The molecule has 5 heteroatoms. The summed E-state index contributed by atoms with van der Waals surface area (Å²) in [5.41, 5.74) is 0. The minimum Gasteiger partial charge on any atom is -0.480 e. The quantitative estimate of drug-likeness (QED) is 0.689. The molecule has 1 rings (SSSR count). The number of carbonyl (C=O) groups is 2. The molecule has 76 valence electrons. The summed E-state index contributed by atoms with van der Waals surface area (Å²) in [5.74, 6) is 2.19. The van der Waals surface area contributed by atoms with Gasteiger partial charge in [-0.15, -0.1) is 24.1 Å². The van der Waals surface area contributed by atoms with Crippen molar-refractivity contribution in [3.63, 3.8) is 0 Å². The van der Waals surface area contributed by atoms with Crippen LogP contribution in [0.3, 0.4) is 0 Å². The van der Waals surface area contributed by atoms with Crippen LogP contribution in [0.1, 0.15) is 12.8 Å². The predicted molar refractivity (Wildman–Crippen MR) is 53.7 cm³/mol. The van der Waals surface area contributed by atoms with E-state index in [9.17, 15) is 9.59 Å². The molecule has 1 fully saturated rings. The molecular formula is C9H11NO3S. The Labute approximate surface area is 86.7 Å². The Morgan fingerprint density at radius 3 is 2.93 bits per heavy atom. The fraction of sp³-hybridized carbons (Fsp3) is 0.556. The number of terminal acetylenes is 1. The third-order valence-electron chi connectivity index (χ3n) is 1.97. The molecule has 0 aromatic rings.